The Labute approximate surface area is 87.0 Å². The van der Waals surface area contributed by atoms with Crippen LogP contribution in [0.4, 0.5) is 0 Å². The Kier molecular flexibility index (Phi) is 3.31. The largest absolute Gasteiger partial charge is 0.339 e. The summed E-state index contributed by atoms with van der Waals surface area (Å²) in [5.74, 6) is 1.24. The van der Waals surface area contributed by atoms with Crippen molar-refractivity contribution >= 4 is 28.4 Å². The van der Waals surface area contributed by atoms with Crippen LogP contribution in [-0.2, 0) is 0 Å². The molecule has 0 saturated heterocycles. The lowest BCUT2D eigenvalue weighted by molar-refractivity contribution is 0.652. The Morgan fingerprint density at radius 1 is 1.67 bits per heavy atom. The van der Waals surface area contributed by atoms with Crippen molar-refractivity contribution in [2.24, 2.45) is 5.92 Å². The highest BCUT2D eigenvalue weighted by molar-refractivity contribution is 14.1. The normalized spacial score (nSPS) is 17.3. The highest BCUT2D eigenvalue weighted by atomic mass is 127. The molecule has 0 unspecified atom stereocenters. The molecular formula is C9H13IN2. The van der Waals surface area contributed by atoms with E-state index in [-0.39, 0.29) is 0 Å². The standard InChI is InChI=1S/C9H13IN2/c1-3-8(10)6-12(2)9(11)7-4-5-7/h3,6-7,11H,1,4-5H2,2H3/b8-6-,11-9?. The third-order valence-electron chi connectivity index (χ3n) is 1.86. The number of amidine groups is 1. The van der Waals surface area contributed by atoms with E-state index in [1.54, 1.807) is 6.08 Å². The first-order chi connectivity index (χ1) is 5.65. The summed E-state index contributed by atoms with van der Waals surface area (Å²) >= 11 is 2.20. The van der Waals surface area contributed by atoms with Gasteiger partial charge in [0.25, 0.3) is 0 Å². The van der Waals surface area contributed by atoms with Gasteiger partial charge in [0.2, 0.25) is 0 Å². The molecule has 1 N–H and O–H groups in total. The van der Waals surface area contributed by atoms with Gasteiger partial charge in [0.15, 0.2) is 0 Å². The van der Waals surface area contributed by atoms with Crippen molar-refractivity contribution in [1.29, 1.82) is 5.41 Å². The van der Waals surface area contributed by atoms with Crippen molar-refractivity contribution in [3.05, 3.63) is 22.4 Å². The molecule has 0 aromatic carbocycles. The number of halogens is 1. The molecule has 0 atom stereocenters. The minimum absolute atomic E-state index is 0.514. The summed E-state index contributed by atoms with van der Waals surface area (Å²) in [4.78, 5) is 1.88. The molecule has 0 spiro atoms. The molecule has 12 heavy (non-hydrogen) atoms. The lowest BCUT2D eigenvalue weighted by Crippen LogP contribution is -2.21. The number of nitrogens with zero attached hydrogens (tertiary/aromatic N) is 1. The van der Waals surface area contributed by atoms with Gasteiger partial charge in [-0.15, -0.1) is 0 Å². The summed E-state index contributed by atoms with van der Waals surface area (Å²) in [6.07, 6.45) is 6.09. The fourth-order valence-corrected chi connectivity index (χ4v) is 1.37. The van der Waals surface area contributed by atoms with Gasteiger partial charge >= 0.3 is 0 Å². The Balaban J connectivity index is 2.51. The summed E-state index contributed by atoms with van der Waals surface area (Å²) < 4.78 is 1.07. The summed E-state index contributed by atoms with van der Waals surface area (Å²) in [5, 5.41) is 7.72. The average molecular weight is 276 g/mol. The van der Waals surface area contributed by atoms with Crippen LogP contribution in [0.2, 0.25) is 0 Å². The second kappa shape index (κ2) is 4.07. The first-order valence-electron chi connectivity index (χ1n) is 3.96. The van der Waals surface area contributed by atoms with Crippen LogP contribution in [-0.4, -0.2) is 17.8 Å². The molecule has 1 rings (SSSR count). The fraction of sp³-hybridized carbons (Fsp3) is 0.444. The van der Waals surface area contributed by atoms with Crippen LogP contribution in [0.5, 0.6) is 0 Å². The van der Waals surface area contributed by atoms with Crippen LogP contribution in [0.3, 0.4) is 0 Å². The minimum Gasteiger partial charge on any atom is -0.339 e. The van der Waals surface area contributed by atoms with Gasteiger partial charge in [-0.25, -0.2) is 0 Å². The fourth-order valence-electron chi connectivity index (χ4n) is 0.952. The molecule has 1 aliphatic carbocycles. The lowest BCUT2D eigenvalue weighted by atomic mass is 10.3. The van der Waals surface area contributed by atoms with E-state index in [2.05, 4.69) is 29.2 Å². The molecule has 3 heteroatoms. The molecular weight excluding hydrogens is 263 g/mol. The van der Waals surface area contributed by atoms with Gasteiger partial charge in [0.1, 0.15) is 5.84 Å². The van der Waals surface area contributed by atoms with E-state index in [1.807, 2.05) is 18.1 Å². The van der Waals surface area contributed by atoms with E-state index < -0.39 is 0 Å². The van der Waals surface area contributed by atoms with Gasteiger partial charge in [0, 0.05) is 22.7 Å². The second-order valence-electron chi connectivity index (χ2n) is 2.99. The monoisotopic (exact) mass is 276 g/mol. The zero-order valence-corrected chi connectivity index (χ0v) is 9.34. The zero-order valence-electron chi connectivity index (χ0n) is 7.18. The quantitative estimate of drug-likeness (QED) is 0.365. The van der Waals surface area contributed by atoms with E-state index >= 15 is 0 Å². The molecule has 0 radical (unpaired) electrons. The van der Waals surface area contributed by atoms with Gasteiger partial charge in [-0.2, -0.15) is 0 Å². The number of hydrogen-bond donors (Lipinski definition) is 1. The third-order valence-corrected chi connectivity index (χ3v) is 2.57. The molecule has 0 aliphatic heterocycles. The van der Waals surface area contributed by atoms with Crippen molar-refractivity contribution in [1.82, 2.24) is 4.90 Å². The summed E-state index contributed by atoms with van der Waals surface area (Å²) in [6.45, 7) is 3.66. The third kappa shape index (κ3) is 2.62. The zero-order chi connectivity index (χ0) is 9.14. The molecule has 0 heterocycles. The summed E-state index contributed by atoms with van der Waals surface area (Å²) in [5.41, 5.74) is 0. The van der Waals surface area contributed by atoms with Crippen LogP contribution >= 0.6 is 22.6 Å². The molecule has 1 saturated carbocycles. The van der Waals surface area contributed by atoms with Crippen molar-refractivity contribution in [3.8, 4) is 0 Å². The number of rotatable bonds is 3. The molecule has 66 valence electrons. The molecule has 0 bridgehead atoms. The van der Waals surface area contributed by atoms with E-state index in [1.165, 1.54) is 12.8 Å². The molecule has 0 aromatic heterocycles. The highest BCUT2D eigenvalue weighted by Gasteiger charge is 2.28. The maximum Gasteiger partial charge on any atom is 0.103 e. The Morgan fingerprint density at radius 3 is 2.67 bits per heavy atom. The van der Waals surface area contributed by atoms with Gasteiger partial charge < -0.3 is 4.90 Å². The van der Waals surface area contributed by atoms with E-state index in [0.717, 1.165) is 9.42 Å². The Hall–Kier alpha value is -0.320. The Morgan fingerprint density at radius 2 is 2.25 bits per heavy atom. The second-order valence-corrected chi connectivity index (χ2v) is 4.23. The van der Waals surface area contributed by atoms with Crippen LogP contribution < -0.4 is 0 Å². The van der Waals surface area contributed by atoms with Gasteiger partial charge in [0.05, 0.1) is 0 Å². The van der Waals surface area contributed by atoms with E-state index in [9.17, 15) is 0 Å². The number of allylic oxidation sites excluding steroid dienone is 2. The number of nitrogens with one attached hydrogen (secondary N) is 1. The predicted molar refractivity (Wildman–Crippen MR) is 60.5 cm³/mol. The van der Waals surface area contributed by atoms with Crippen LogP contribution in [0.15, 0.2) is 22.4 Å². The van der Waals surface area contributed by atoms with Crippen LogP contribution in [0, 0.1) is 11.3 Å². The summed E-state index contributed by atoms with van der Waals surface area (Å²) in [6, 6.07) is 0. The molecule has 2 nitrogen and oxygen atoms in total. The van der Waals surface area contributed by atoms with Gasteiger partial charge in [-0.3, -0.25) is 5.41 Å². The first-order valence-corrected chi connectivity index (χ1v) is 5.04. The highest BCUT2D eigenvalue weighted by Crippen LogP contribution is 2.31. The van der Waals surface area contributed by atoms with E-state index in [4.69, 9.17) is 5.41 Å². The van der Waals surface area contributed by atoms with Crippen molar-refractivity contribution < 1.29 is 0 Å². The van der Waals surface area contributed by atoms with Crippen LogP contribution in [0.1, 0.15) is 12.8 Å². The Bertz CT molecular complexity index is 229. The maximum atomic E-state index is 7.72. The molecule has 0 amide bonds. The van der Waals surface area contributed by atoms with Crippen molar-refractivity contribution in [3.63, 3.8) is 0 Å². The summed E-state index contributed by atoms with van der Waals surface area (Å²) in [7, 11) is 1.92. The average Bonchev–Trinajstić information content (AvgIpc) is 2.85. The maximum absolute atomic E-state index is 7.72. The minimum atomic E-state index is 0.514. The van der Waals surface area contributed by atoms with Gasteiger partial charge in [-0.05, 0) is 35.4 Å². The molecule has 1 aliphatic rings. The van der Waals surface area contributed by atoms with Gasteiger partial charge in [-0.1, -0.05) is 12.7 Å². The topological polar surface area (TPSA) is 27.1 Å². The van der Waals surface area contributed by atoms with E-state index in [0.29, 0.717) is 5.92 Å². The van der Waals surface area contributed by atoms with Crippen molar-refractivity contribution in [2.75, 3.05) is 7.05 Å². The molecule has 0 aromatic rings. The lowest BCUT2D eigenvalue weighted by Gasteiger charge is -2.14. The smallest absolute Gasteiger partial charge is 0.103 e. The molecule has 1 fully saturated rings. The van der Waals surface area contributed by atoms with Crippen LogP contribution in [0.25, 0.3) is 0 Å². The SMILES string of the molecule is C=C/C(I)=C/N(C)C(=N)C1CC1. The first kappa shape index (κ1) is 9.77. The predicted octanol–water partition coefficient (Wildman–Crippen LogP) is 2.77. The number of hydrogen-bond acceptors (Lipinski definition) is 1. The van der Waals surface area contributed by atoms with Crippen molar-refractivity contribution in [2.45, 2.75) is 12.8 Å².